The van der Waals surface area contributed by atoms with Crippen molar-refractivity contribution in [3.63, 3.8) is 0 Å². The molecule has 0 atom stereocenters. The van der Waals surface area contributed by atoms with Crippen LogP contribution in [0.5, 0.6) is 0 Å². The van der Waals surface area contributed by atoms with E-state index in [1.165, 1.54) is 78.4 Å². The Labute approximate surface area is 196 Å². The van der Waals surface area contributed by atoms with Gasteiger partial charge in [-0.25, -0.2) is 0 Å². The maximum absolute atomic E-state index is 2.48. The van der Waals surface area contributed by atoms with Gasteiger partial charge in [-0.15, -0.1) is 0 Å². The van der Waals surface area contributed by atoms with Gasteiger partial charge < -0.3 is 9.80 Å². The van der Waals surface area contributed by atoms with Gasteiger partial charge in [0.15, 0.2) is 0 Å². The number of nitrogens with zero attached hydrogens (tertiary/aromatic N) is 2. The molecule has 162 valence electrons. The van der Waals surface area contributed by atoms with Crippen LogP contribution in [0.2, 0.25) is 0 Å². The molecule has 4 aromatic rings. The molecule has 0 saturated heterocycles. The lowest BCUT2D eigenvalue weighted by molar-refractivity contribution is 1.04. The first kappa shape index (κ1) is 19.0. The first-order valence-electron chi connectivity index (χ1n) is 11.9. The summed E-state index contributed by atoms with van der Waals surface area (Å²) in [5.41, 5.74) is 19.6. The van der Waals surface area contributed by atoms with E-state index in [9.17, 15) is 0 Å². The van der Waals surface area contributed by atoms with Crippen LogP contribution in [0.3, 0.4) is 0 Å². The summed E-state index contributed by atoms with van der Waals surface area (Å²) in [5.74, 6) is 0. The van der Waals surface area contributed by atoms with Crippen molar-refractivity contribution < 1.29 is 0 Å². The van der Waals surface area contributed by atoms with Crippen LogP contribution < -0.4 is 9.80 Å². The zero-order chi connectivity index (χ0) is 22.4. The molecule has 0 fully saturated rings. The average molecular weight is 429 g/mol. The van der Waals surface area contributed by atoms with Crippen molar-refractivity contribution in [1.29, 1.82) is 0 Å². The molecule has 0 unspecified atom stereocenters. The van der Waals surface area contributed by atoms with E-state index in [4.69, 9.17) is 0 Å². The number of fused-ring (bicyclic) bond motifs is 7. The molecule has 4 aromatic carbocycles. The Balaban J connectivity index is 1.33. The summed E-state index contributed by atoms with van der Waals surface area (Å²) in [7, 11) is 4.44. The fourth-order valence-corrected chi connectivity index (χ4v) is 6.20. The molecule has 0 aromatic heterocycles. The topological polar surface area (TPSA) is 6.48 Å². The van der Waals surface area contributed by atoms with E-state index in [0.29, 0.717) is 0 Å². The van der Waals surface area contributed by atoms with Gasteiger partial charge in [-0.05, 0) is 112 Å². The highest BCUT2D eigenvalue weighted by atomic mass is 15.1. The first-order chi connectivity index (χ1) is 16.0. The highest BCUT2D eigenvalue weighted by Gasteiger charge is 2.29. The number of rotatable bonds is 0. The minimum atomic E-state index is 1.01. The highest BCUT2D eigenvalue weighted by Crippen LogP contribution is 2.48. The number of hydrogen-bond donors (Lipinski definition) is 0. The smallest absolute Gasteiger partial charge is 0.0447 e. The summed E-state index contributed by atoms with van der Waals surface area (Å²) in [6.07, 6.45) is 3.05. The third-order valence-electron chi connectivity index (χ3n) is 7.97. The molecule has 0 N–H and O–H groups in total. The van der Waals surface area contributed by atoms with Gasteiger partial charge in [0, 0.05) is 49.7 Å². The van der Waals surface area contributed by atoms with Crippen molar-refractivity contribution in [2.75, 3.05) is 23.9 Å². The molecule has 7 rings (SSSR count). The van der Waals surface area contributed by atoms with E-state index in [-0.39, 0.29) is 0 Å². The second kappa shape index (κ2) is 6.51. The monoisotopic (exact) mass is 428 g/mol. The summed E-state index contributed by atoms with van der Waals surface area (Å²) < 4.78 is 0. The molecule has 0 radical (unpaired) electrons. The molecule has 2 nitrogen and oxygen atoms in total. The van der Waals surface area contributed by atoms with Crippen LogP contribution in [0.25, 0.3) is 11.1 Å². The maximum atomic E-state index is 2.48. The van der Waals surface area contributed by atoms with E-state index < -0.39 is 0 Å². The van der Waals surface area contributed by atoms with Crippen LogP contribution in [0.1, 0.15) is 44.5 Å². The summed E-state index contributed by atoms with van der Waals surface area (Å²) in [5, 5.41) is 0. The van der Waals surface area contributed by atoms with Crippen LogP contribution in [0.15, 0.2) is 60.7 Å². The lowest BCUT2D eigenvalue weighted by Gasteiger charge is -2.31. The lowest BCUT2D eigenvalue weighted by Crippen LogP contribution is -2.19. The van der Waals surface area contributed by atoms with Crippen molar-refractivity contribution in [2.24, 2.45) is 0 Å². The maximum Gasteiger partial charge on any atom is 0.0447 e. The predicted octanol–water partition coefficient (Wildman–Crippen LogP) is 7.22. The number of anilines is 4. The number of hydrogen-bond acceptors (Lipinski definition) is 2. The first-order valence-corrected chi connectivity index (χ1v) is 11.9. The molecule has 0 spiro atoms. The van der Waals surface area contributed by atoms with E-state index in [1.54, 1.807) is 0 Å². The van der Waals surface area contributed by atoms with Gasteiger partial charge in [-0.1, -0.05) is 24.3 Å². The fraction of sp³-hybridized carbons (Fsp3) is 0.226. The number of aryl methyl sites for hydroxylation is 2. The Morgan fingerprint density at radius 2 is 0.848 bits per heavy atom. The Kier molecular flexibility index (Phi) is 3.75. The average Bonchev–Trinajstić information content (AvgIpc) is 3.15. The van der Waals surface area contributed by atoms with Gasteiger partial charge in [0.05, 0.1) is 0 Å². The van der Waals surface area contributed by atoms with Crippen LogP contribution >= 0.6 is 0 Å². The Bertz CT molecular complexity index is 1380. The van der Waals surface area contributed by atoms with Crippen molar-refractivity contribution in [2.45, 2.75) is 33.1 Å². The molecule has 3 aliphatic rings. The van der Waals surface area contributed by atoms with Gasteiger partial charge in [-0.3, -0.25) is 0 Å². The van der Waals surface area contributed by atoms with Crippen molar-refractivity contribution >= 4 is 22.7 Å². The number of benzene rings is 4. The quantitative estimate of drug-likeness (QED) is 0.257. The fourth-order valence-electron chi connectivity index (χ4n) is 6.20. The molecule has 0 amide bonds. The SMILES string of the molecule is Cc1ccc2c(c1)N(C)c1cc3c(cc1C2)-c1cc2c(cc1C3)N(C)c1cc(C)ccc1C2. The minimum Gasteiger partial charge on any atom is -0.344 e. The summed E-state index contributed by atoms with van der Waals surface area (Å²) >= 11 is 0. The molecule has 0 saturated carbocycles. The zero-order valence-corrected chi connectivity index (χ0v) is 19.8. The van der Waals surface area contributed by atoms with Crippen LogP contribution in [-0.2, 0) is 19.3 Å². The highest BCUT2D eigenvalue weighted by molar-refractivity contribution is 5.87. The molecular weight excluding hydrogens is 400 g/mol. The standard InChI is InChI=1S/C31H28N2/c1-18-5-7-20-11-24-14-26-22(16-30(24)32(3)28(20)9-18)13-23-17-31-25(15-27(23)26)12-21-8-6-19(2)10-29(21)33(31)4/h5-10,14-17H,11-13H2,1-4H3. The molecule has 2 heteroatoms. The summed E-state index contributed by atoms with van der Waals surface area (Å²) in [6, 6.07) is 23.6. The van der Waals surface area contributed by atoms with E-state index in [2.05, 4.69) is 98.4 Å². The normalized spacial score (nSPS) is 14.8. The molecule has 2 aliphatic heterocycles. The minimum absolute atomic E-state index is 1.01. The van der Waals surface area contributed by atoms with Crippen LogP contribution in [0, 0.1) is 13.8 Å². The molecule has 33 heavy (non-hydrogen) atoms. The van der Waals surface area contributed by atoms with E-state index >= 15 is 0 Å². The van der Waals surface area contributed by atoms with Gasteiger partial charge in [0.1, 0.15) is 0 Å². The summed E-state index contributed by atoms with van der Waals surface area (Å²) in [6.45, 7) is 4.36. The molecule has 1 aliphatic carbocycles. The second-order valence-electron chi connectivity index (χ2n) is 10.2. The molecular formula is C31H28N2. The van der Waals surface area contributed by atoms with Gasteiger partial charge in [0.25, 0.3) is 0 Å². The Hall–Kier alpha value is -3.52. The Morgan fingerprint density at radius 1 is 0.455 bits per heavy atom. The largest absolute Gasteiger partial charge is 0.344 e. The van der Waals surface area contributed by atoms with Gasteiger partial charge in [-0.2, -0.15) is 0 Å². The van der Waals surface area contributed by atoms with Gasteiger partial charge >= 0.3 is 0 Å². The Morgan fingerprint density at radius 3 is 1.30 bits per heavy atom. The van der Waals surface area contributed by atoms with Crippen molar-refractivity contribution in [1.82, 2.24) is 0 Å². The molecule has 0 bridgehead atoms. The molecule has 2 heterocycles. The second-order valence-corrected chi connectivity index (χ2v) is 10.2. The predicted molar refractivity (Wildman–Crippen MR) is 139 cm³/mol. The third-order valence-corrected chi connectivity index (χ3v) is 7.97. The van der Waals surface area contributed by atoms with Gasteiger partial charge in [0.2, 0.25) is 0 Å². The zero-order valence-electron chi connectivity index (χ0n) is 19.8. The summed E-state index contributed by atoms with van der Waals surface area (Å²) in [4.78, 5) is 4.78. The van der Waals surface area contributed by atoms with Crippen molar-refractivity contribution in [3.8, 4) is 11.1 Å². The lowest BCUT2D eigenvalue weighted by atomic mass is 9.90. The van der Waals surface area contributed by atoms with Crippen LogP contribution in [0.4, 0.5) is 22.7 Å². The van der Waals surface area contributed by atoms with E-state index in [1.807, 2.05) is 0 Å². The van der Waals surface area contributed by atoms with E-state index in [0.717, 1.165) is 19.3 Å². The van der Waals surface area contributed by atoms with Crippen LogP contribution in [-0.4, -0.2) is 14.1 Å². The van der Waals surface area contributed by atoms with Crippen molar-refractivity contribution in [3.05, 3.63) is 105 Å². The third kappa shape index (κ3) is 2.67.